The van der Waals surface area contributed by atoms with Crippen LogP contribution in [0.1, 0.15) is 31.7 Å². The van der Waals surface area contributed by atoms with E-state index in [9.17, 15) is 0 Å². The summed E-state index contributed by atoms with van der Waals surface area (Å²) >= 11 is 0. The van der Waals surface area contributed by atoms with E-state index in [4.69, 9.17) is 4.74 Å². The fourth-order valence-corrected chi connectivity index (χ4v) is 3.75. The van der Waals surface area contributed by atoms with Crippen molar-refractivity contribution in [3.63, 3.8) is 0 Å². The lowest BCUT2D eigenvalue weighted by Gasteiger charge is -2.29. The topological polar surface area (TPSA) is 34.2 Å². The molecule has 0 amide bonds. The average molecular weight is 324 g/mol. The molecule has 0 bridgehead atoms. The predicted molar refractivity (Wildman–Crippen MR) is 100 cm³/mol. The second-order valence-corrected chi connectivity index (χ2v) is 6.97. The number of ether oxygens (including phenoxy) is 1. The van der Waals surface area contributed by atoms with E-state index in [1.54, 1.807) is 7.11 Å². The number of pyridine rings is 1. The van der Waals surface area contributed by atoms with E-state index in [2.05, 4.69) is 42.0 Å². The number of aromatic nitrogens is 1. The lowest BCUT2D eigenvalue weighted by Crippen LogP contribution is -2.38. The van der Waals surface area contributed by atoms with Crippen LogP contribution in [0.4, 0.5) is 0 Å². The van der Waals surface area contributed by atoms with Crippen LogP contribution in [0.15, 0.2) is 43.1 Å². The van der Waals surface area contributed by atoms with Crippen LogP contribution in [0.2, 0.25) is 0 Å². The second-order valence-electron chi connectivity index (χ2n) is 6.97. The highest BCUT2D eigenvalue weighted by Gasteiger charge is 2.20. The fraction of sp³-hybridized carbons (Fsp3) is 0.476. The minimum absolute atomic E-state index is 0.511. The van der Waals surface area contributed by atoms with Gasteiger partial charge in [0, 0.05) is 24.2 Å². The first-order chi connectivity index (χ1) is 11.7. The van der Waals surface area contributed by atoms with Crippen molar-refractivity contribution in [1.29, 1.82) is 0 Å². The summed E-state index contributed by atoms with van der Waals surface area (Å²) in [6.07, 6.45) is 8.86. The van der Waals surface area contributed by atoms with E-state index in [1.165, 1.54) is 30.2 Å². The molecule has 128 valence electrons. The Morgan fingerprint density at radius 1 is 1.33 bits per heavy atom. The molecule has 1 N–H and O–H groups in total. The van der Waals surface area contributed by atoms with Gasteiger partial charge in [0.15, 0.2) is 0 Å². The van der Waals surface area contributed by atoms with Crippen LogP contribution in [0, 0.1) is 11.8 Å². The molecule has 3 atom stereocenters. The number of hydrogen-bond acceptors (Lipinski definition) is 3. The summed E-state index contributed by atoms with van der Waals surface area (Å²) in [4.78, 5) is 4.49. The van der Waals surface area contributed by atoms with Gasteiger partial charge in [-0.25, -0.2) is 0 Å². The number of nitrogens with zero attached hydrogens (tertiary/aromatic N) is 1. The zero-order valence-electron chi connectivity index (χ0n) is 14.8. The molecule has 1 aromatic carbocycles. The van der Waals surface area contributed by atoms with Gasteiger partial charge in [-0.1, -0.05) is 25.8 Å². The van der Waals surface area contributed by atoms with Crippen molar-refractivity contribution in [2.24, 2.45) is 11.8 Å². The Labute approximate surface area is 145 Å². The highest BCUT2D eigenvalue weighted by Crippen LogP contribution is 2.26. The second kappa shape index (κ2) is 7.80. The van der Waals surface area contributed by atoms with Gasteiger partial charge in [-0.05, 0) is 54.5 Å². The Hall–Kier alpha value is -1.87. The van der Waals surface area contributed by atoms with Crippen molar-refractivity contribution in [3.8, 4) is 5.75 Å². The number of rotatable bonds is 4. The van der Waals surface area contributed by atoms with E-state index < -0.39 is 0 Å². The molecule has 0 radical (unpaired) electrons. The maximum Gasteiger partial charge on any atom is 0.119 e. The highest BCUT2D eigenvalue weighted by molar-refractivity contribution is 5.83. The summed E-state index contributed by atoms with van der Waals surface area (Å²) in [5.74, 6) is 2.19. The predicted octanol–water partition coefficient (Wildman–Crippen LogP) is 4.37. The molecule has 3 nitrogen and oxygen atoms in total. The van der Waals surface area contributed by atoms with Crippen LogP contribution >= 0.6 is 0 Å². The van der Waals surface area contributed by atoms with Crippen LogP contribution in [-0.4, -0.2) is 24.7 Å². The maximum atomic E-state index is 5.39. The third-order valence-electron chi connectivity index (χ3n) is 5.39. The van der Waals surface area contributed by atoms with Crippen molar-refractivity contribution >= 4 is 10.9 Å². The van der Waals surface area contributed by atoms with Crippen molar-refractivity contribution in [3.05, 3.63) is 48.7 Å². The first-order valence-corrected chi connectivity index (χ1v) is 8.99. The highest BCUT2D eigenvalue weighted by atomic mass is 16.5. The maximum absolute atomic E-state index is 5.39. The average Bonchev–Trinajstić information content (AvgIpc) is 2.60. The Morgan fingerprint density at radius 3 is 3.00 bits per heavy atom. The van der Waals surface area contributed by atoms with Gasteiger partial charge < -0.3 is 10.1 Å². The Bertz CT molecular complexity index is 697. The zero-order valence-corrected chi connectivity index (χ0v) is 14.8. The molecule has 2 aromatic rings. The smallest absolute Gasteiger partial charge is 0.119 e. The van der Waals surface area contributed by atoms with Gasteiger partial charge in [-0.3, -0.25) is 4.98 Å². The molecule has 1 fully saturated rings. The van der Waals surface area contributed by atoms with Crippen LogP contribution in [0.25, 0.3) is 10.9 Å². The molecule has 2 heterocycles. The number of methoxy groups -OCH3 is 1. The van der Waals surface area contributed by atoms with E-state index in [0.717, 1.165) is 30.1 Å². The third-order valence-corrected chi connectivity index (χ3v) is 5.39. The van der Waals surface area contributed by atoms with Gasteiger partial charge in [0.2, 0.25) is 0 Å². The molecular weight excluding hydrogens is 296 g/mol. The van der Waals surface area contributed by atoms with Gasteiger partial charge in [0.1, 0.15) is 5.75 Å². The molecular formula is C21H28N2O. The monoisotopic (exact) mass is 324 g/mol. The lowest BCUT2D eigenvalue weighted by molar-refractivity contribution is 0.305. The summed E-state index contributed by atoms with van der Waals surface area (Å²) in [6.45, 7) is 7.39. The number of hydrogen-bond donors (Lipinski definition) is 1. The van der Waals surface area contributed by atoms with E-state index in [1.807, 2.05) is 18.3 Å². The van der Waals surface area contributed by atoms with Crippen molar-refractivity contribution < 1.29 is 4.74 Å². The van der Waals surface area contributed by atoms with Gasteiger partial charge in [0.05, 0.1) is 12.6 Å². The van der Waals surface area contributed by atoms with E-state index in [0.29, 0.717) is 12.0 Å². The fourth-order valence-electron chi connectivity index (χ4n) is 3.75. The summed E-state index contributed by atoms with van der Waals surface area (Å²) < 4.78 is 5.39. The van der Waals surface area contributed by atoms with Crippen molar-refractivity contribution in [2.75, 3.05) is 13.7 Å². The van der Waals surface area contributed by atoms with E-state index in [-0.39, 0.29) is 0 Å². The van der Waals surface area contributed by atoms with Gasteiger partial charge in [0.25, 0.3) is 0 Å². The molecule has 3 heteroatoms. The van der Waals surface area contributed by atoms with Gasteiger partial charge >= 0.3 is 0 Å². The van der Waals surface area contributed by atoms with Crippen LogP contribution in [0.3, 0.4) is 0 Å². The minimum Gasteiger partial charge on any atom is -0.497 e. The molecule has 3 rings (SSSR count). The molecule has 0 spiro atoms. The summed E-state index contributed by atoms with van der Waals surface area (Å²) in [7, 11) is 1.71. The molecule has 1 aromatic heterocycles. The summed E-state index contributed by atoms with van der Waals surface area (Å²) in [6, 6.07) is 8.78. The molecule has 3 unspecified atom stereocenters. The number of fused-ring (bicyclic) bond motifs is 1. The Morgan fingerprint density at radius 2 is 2.21 bits per heavy atom. The zero-order chi connectivity index (χ0) is 16.9. The summed E-state index contributed by atoms with van der Waals surface area (Å²) in [5, 5.41) is 4.97. The van der Waals surface area contributed by atoms with Crippen molar-refractivity contribution in [1.82, 2.24) is 10.3 Å². The minimum atomic E-state index is 0.511. The first-order valence-electron chi connectivity index (χ1n) is 8.99. The molecule has 1 aliphatic rings. The standard InChI is InChI=1S/C21H28N2O/c1-4-16-14-23-18(7-5-6-15(16)2)12-17-10-11-22-21-9-8-19(24-3)13-20(17)21/h4,8-11,13,15-16,18,23H,1,5-7,12,14H2,2-3H3. The van der Waals surface area contributed by atoms with Crippen LogP contribution in [0.5, 0.6) is 5.75 Å². The number of nitrogens with one attached hydrogen (secondary N) is 1. The van der Waals surface area contributed by atoms with Gasteiger partial charge in [-0.2, -0.15) is 0 Å². The largest absolute Gasteiger partial charge is 0.497 e. The summed E-state index contributed by atoms with van der Waals surface area (Å²) in [5.41, 5.74) is 2.39. The Balaban J connectivity index is 1.79. The quantitative estimate of drug-likeness (QED) is 0.848. The molecule has 0 saturated carbocycles. The molecule has 1 aliphatic heterocycles. The van der Waals surface area contributed by atoms with Crippen molar-refractivity contribution in [2.45, 2.75) is 38.6 Å². The SMILES string of the molecule is C=CC1CNC(Cc2ccnc3ccc(OC)cc23)CCCC1C. The number of benzene rings is 1. The molecule has 0 aliphatic carbocycles. The van der Waals surface area contributed by atoms with E-state index >= 15 is 0 Å². The normalized spacial score (nSPS) is 25.0. The molecule has 1 saturated heterocycles. The lowest BCUT2D eigenvalue weighted by atomic mass is 9.85. The first kappa shape index (κ1) is 17.0. The van der Waals surface area contributed by atoms with Crippen LogP contribution in [-0.2, 0) is 6.42 Å². The molecule has 24 heavy (non-hydrogen) atoms. The third kappa shape index (κ3) is 3.78. The Kier molecular flexibility index (Phi) is 5.52. The van der Waals surface area contributed by atoms with Gasteiger partial charge in [-0.15, -0.1) is 6.58 Å². The van der Waals surface area contributed by atoms with Crippen LogP contribution < -0.4 is 10.1 Å².